The molecule has 0 radical (unpaired) electrons. The van der Waals surface area contributed by atoms with Crippen LogP contribution in [-0.4, -0.2) is 52.1 Å². The van der Waals surface area contributed by atoms with E-state index in [0.29, 0.717) is 6.54 Å². The van der Waals surface area contributed by atoms with Crippen LogP contribution < -0.4 is 14.9 Å². The quantitative estimate of drug-likeness (QED) is 0.574. The van der Waals surface area contributed by atoms with Gasteiger partial charge in [0.1, 0.15) is 5.82 Å². The second-order valence-electron chi connectivity index (χ2n) is 7.80. The molecule has 0 aromatic heterocycles. The second-order valence-corrected chi connectivity index (χ2v) is 10.1. The van der Waals surface area contributed by atoms with Crippen molar-refractivity contribution in [2.24, 2.45) is 0 Å². The number of sulfonamides is 1. The molecule has 1 aromatic rings. The van der Waals surface area contributed by atoms with Crippen molar-refractivity contribution in [2.45, 2.75) is 64.4 Å². The summed E-state index contributed by atoms with van der Waals surface area (Å²) in [4.78, 5) is 2.17. The highest BCUT2D eigenvalue weighted by atomic mass is 32.2. The molecule has 0 unspecified atom stereocenters. The molecule has 8 heteroatoms. The van der Waals surface area contributed by atoms with Gasteiger partial charge in [-0.1, -0.05) is 6.42 Å². The van der Waals surface area contributed by atoms with Crippen LogP contribution in [0, 0.1) is 5.82 Å². The van der Waals surface area contributed by atoms with Crippen molar-refractivity contribution >= 4 is 21.4 Å². The highest BCUT2D eigenvalue weighted by Crippen LogP contribution is 2.29. The Balaban J connectivity index is 1.81. The Labute approximate surface area is 168 Å². The Hall–Kier alpha value is -1.38. The molecule has 1 aliphatic heterocycles. The molecule has 160 valence electrons. The van der Waals surface area contributed by atoms with Crippen LogP contribution in [0.4, 0.5) is 15.8 Å². The lowest BCUT2D eigenvalue weighted by Gasteiger charge is -2.37. The zero-order chi connectivity index (χ0) is 20.7. The number of rotatable bonds is 10. The van der Waals surface area contributed by atoms with Crippen molar-refractivity contribution in [2.75, 3.05) is 36.4 Å². The van der Waals surface area contributed by atoms with Gasteiger partial charge in [0.2, 0.25) is 10.0 Å². The number of anilines is 2. The predicted molar refractivity (Wildman–Crippen MR) is 113 cm³/mol. The fourth-order valence-electron chi connectivity index (χ4n) is 3.32. The van der Waals surface area contributed by atoms with Gasteiger partial charge in [0.05, 0.1) is 28.8 Å². The summed E-state index contributed by atoms with van der Waals surface area (Å²) in [5.41, 5.74) is 1.79. The molecule has 0 spiro atoms. The normalized spacial score (nSPS) is 20.6. The standard InChI is InChI=1S/C20H34FN3O3S/c1-15(2)28(25,26)23-11-7-5-6-10-22-19-9-8-18(21)12-20(19)24-13-16(3)27-17(4)14-24/h8-9,12,15-17,22-23H,5-7,10-11,13-14H2,1-4H3/t16-,17+. The third kappa shape index (κ3) is 6.90. The lowest BCUT2D eigenvalue weighted by molar-refractivity contribution is -0.00519. The maximum Gasteiger partial charge on any atom is 0.213 e. The molecule has 2 rings (SSSR count). The van der Waals surface area contributed by atoms with E-state index >= 15 is 0 Å². The Morgan fingerprint density at radius 2 is 1.79 bits per heavy atom. The van der Waals surface area contributed by atoms with E-state index < -0.39 is 15.3 Å². The summed E-state index contributed by atoms with van der Waals surface area (Å²) in [6, 6.07) is 4.83. The van der Waals surface area contributed by atoms with Gasteiger partial charge in [0.25, 0.3) is 0 Å². The summed E-state index contributed by atoms with van der Waals surface area (Å²) in [6.45, 7) is 10.1. The Kier molecular flexibility index (Phi) is 8.52. The van der Waals surface area contributed by atoms with Crippen molar-refractivity contribution in [1.29, 1.82) is 0 Å². The van der Waals surface area contributed by atoms with Crippen LogP contribution in [0.5, 0.6) is 0 Å². The molecule has 2 N–H and O–H groups in total. The fraction of sp³-hybridized carbons (Fsp3) is 0.700. The lowest BCUT2D eigenvalue weighted by atomic mass is 10.1. The van der Waals surface area contributed by atoms with E-state index in [1.54, 1.807) is 26.0 Å². The Morgan fingerprint density at radius 1 is 1.14 bits per heavy atom. The van der Waals surface area contributed by atoms with Gasteiger partial charge in [-0.15, -0.1) is 0 Å². The first-order valence-electron chi connectivity index (χ1n) is 10.1. The smallest absolute Gasteiger partial charge is 0.213 e. The third-order valence-electron chi connectivity index (χ3n) is 4.81. The zero-order valence-electron chi connectivity index (χ0n) is 17.4. The number of nitrogens with zero attached hydrogens (tertiary/aromatic N) is 1. The Morgan fingerprint density at radius 3 is 2.43 bits per heavy atom. The summed E-state index contributed by atoms with van der Waals surface area (Å²) < 4.78 is 45.6. The topological polar surface area (TPSA) is 70.7 Å². The van der Waals surface area contributed by atoms with Crippen molar-refractivity contribution in [1.82, 2.24) is 4.72 Å². The highest BCUT2D eigenvalue weighted by Gasteiger charge is 2.24. The van der Waals surface area contributed by atoms with Crippen molar-refractivity contribution in [3.05, 3.63) is 24.0 Å². The maximum atomic E-state index is 13.8. The van der Waals surface area contributed by atoms with E-state index in [0.717, 1.165) is 50.3 Å². The zero-order valence-corrected chi connectivity index (χ0v) is 18.2. The molecule has 2 atom stereocenters. The summed E-state index contributed by atoms with van der Waals surface area (Å²) in [7, 11) is -3.18. The van der Waals surface area contributed by atoms with Gasteiger partial charge in [-0.3, -0.25) is 0 Å². The summed E-state index contributed by atoms with van der Waals surface area (Å²) in [5, 5.41) is 3.00. The number of morpholine rings is 1. The number of hydrogen-bond acceptors (Lipinski definition) is 5. The molecule has 1 aromatic carbocycles. The lowest BCUT2D eigenvalue weighted by Crippen LogP contribution is -2.45. The van der Waals surface area contributed by atoms with Crippen LogP contribution in [-0.2, 0) is 14.8 Å². The molecule has 0 amide bonds. The molecule has 6 nitrogen and oxygen atoms in total. The van der Waals surface area contributed by atoms with Gasteiger partial charge in [-0.25, -0.2) is 17.5 Å². The van der Waals surface area contributed by atoms with Crippen LogP contribution in [0.2, 0.25) is 0 Å². The molecule has 1 saturated heterocycles. The van der Waals surface area contributed by atoms with Crippen molar-refractivity contribution < 1.29 is 17.5 Å². The van der Waals surface area contributed by atoms with Crippen molar-refractivity contribution in [3.63, 3.8) is 0 Å². The van der Waals surface area contributed by atoms with Crippen LogP contribution in [0.3, 0.4) is 0 Å². The van der Waals surface area contributed by atoms with Gasteiger partial charge in [-0.05, 0) is 58.7 Å². The molecule has 28 heavy (non-hydrogen) atoms. The molecule has 1 heterocycles. The molecule has 0 aliphatic carbocycles. The average molecular weight is 416 g/mol. The first kappa shape index (κ1) is 22.9. The third-order valence-corrected chi connectivity index (χ3v) is 6.66. The molecular formula is C20H34FN3O3S. The van der Waals surface area contributed by atoms with Crippen molar-refractivity contribution in [3.8, 4) is 0 Å². The van der Waals surface area contributed by atoms with Gasteiger partial charge >= 0.3 is 0 Å². The molecule has 1 fully saturated rings. The number of unbranched alkanes of at least 4 members (excludes halogenated alkanes) is 2. The molecule has 1 aliphatic rings. The SMILES string of the molecule is CC(C)S(=O)(=O)NCCCCCNc1ccc(F)cc1N1C[C@@H](C)O[C@@H](C)C1. The van der Waals surface area contributed by atoms with Gasteiger partial charge < -0.3 is 15.0 Å². The highest BCUT2D eigenvalue weighted by molar-refractivity contribution is 7.90. The first-order chi connectivity index (χ1) is 13.2. The number of halogens is 1. The second kappa shape index (κ2) is 10.4. The minimum Gasteiger partial charge on any atom is -0.383 e. The van der Waals surface area contributed by atoms with E-state index in [-0.39, 0.29) is 18.0 Å². The maximum absolute atomic E-state index is 13.8. The fourth-order valence-corrected chi connectivity index (χ4v) is 4.08. The largest absolute Gasteiger partial charge is 0.383 e. The Bertz CT molecular complexity index is 717. The minimum atomic E-state index is -3.18. The first-order valence-corrected chi connectivity index (χ1v) is 11.7. The van der Waals surface area contributed by atoms with E-state index in [1.165, 1.54) is 6.07 Å². The summed E-state index contributed by atoms with van der Waals surface area (Å²) in [6.07, 6.45) is 2.83. The van der Waals surface area contributed by atoms with E-state index in [1.807, 2.05) is 13.8 Å². The monoisotopic (exact) mass is 415 g/mol. The van der Waals surface area contributed by atoms with Crippen LogP contribution >= 0.6 is 0 Å². The number of benzene rings is 1. The summed E-state index contributed by atoms with van der Waals surface area (Å²) in [5.74, 6) is -0.246. The number of ether oxygens (including phenoxy) is 1. The summed E-state index contributed by atoms with van der Waals surface area (Å²) >= 11 is 0. The van der Waals surface area contributed by atoms with Crippen LogP contribution in [0.15, 0.2) is 18.2 Å². The average Bonchev–Trinajstić information content (AvgIpc) is 2.60. The van der Waals surface area contributed by atoms with Crippen LogP contribution in [0.25, 0.3) is 0 Å². The van der Waals surface area contributed by atoms with Gasteiger partial charge in [-0.2, -0.15) is 0 Å². The number of nitrogens with one attached hydrogen (secondary N) is 2. The molecule has 0 bridgehead atoms. The number of hydrogen-bond donors (Lipinski definition) is 2. The predicted octanol–water partition coefficient (Wildman–Crippen LogP) is 3.35. The van der Waals surface area contributed by atoms with E-state index in [9.17, 15) is 12.8 Å². The minimum absolute atomic E-state index is 0.106. The van der Waals surface area contributed by atoms with Gasteiger partial charge in [0.15, 0.2) is 0 Å². The molecule has 0 saturated carbocycles. The molecular weight excluding hydrogens is 381 g/mol. The van der Waals surface area contributed by atoms with E-state index in [4.69, 9.17) is 4.74 Å². The van der Waals surface area contributed by atoms with E-state index in [2.05, 4.69) is 14.9 Å². The van der Waals surface area contributed by atoms with Crippen LogP contribution in [0.1, 0.15) is 47.0 Å². The van der Waals surface area contributed by atoms with Gasteiger partial charge in [0, 0.05) is 26.2 Å².